The molecule has 1 amide bonds. The summed E-state index contributed by atoms with van der Waals surface area (Å²) < 4.78 is 2.05. The minimum Gasteiger partial charge on any atom is -0.369 e. The van der Waals surface area contributed by atoms with E-state index in [1.54, 1.807) is 12.5 Å². The lowest BCUT2D eigenvalue weighted by Crippen LogP contribution is -2.29. The van der Waals surface area contributed by atoms with Gasteiger partial charge in [-0.1, -0.05) is 17.7 Å². The van der Waals surface area contributed by atoms with E-state index in [1.807, 2.05) is 31.2 Å². The molecule has 0 saturated heterocycles. The fourth-order valence-electron chi connectivity index (χ4n) is 2.30. The zero-order chi connectivity index (χ0) is 14.1. The van der Waals surface area contributed by atoms with Crippen LogP contribution in [0, 0.1) is 6.92 Å². The lowest BCUT2D eigenvalue weighted by atomic mass is 10.1. The van der Waals surface area contributed by atoms with Crippen molar-refractivity contribution in [3.8, 4) is 0 Å². The standard InChI is InChI=1S/C15H18N4O/c1-10-2-4-11(5-3-10)18-14(15(16)20)13-8-17-9-19(13)12-6-7-12/h2-5,8-9,12,14,18H,6-7H2,1H3,(H2,16,20). The smallest absolute Gasteiger partial charge is 0.246 e. The molecular weight excluding hydrogens is 252 g/mol. The van der Waals surface area contributed by atoms with Crippen LogP contribution < -0.4 is 11.1 Å². The molecule has 1 saturated carbocycles. The van der Waals surface area contributed by atoms with Gasteiger partial charge in [-0.05, 0) is 31.9 Å². The maximum absolute atomic E-state index is 11.8. The van der Waals surface area contributed by atoms with E-state index < -0.39 is 11.9 Å². The first-order valence-corrected chi connectivity index (χ1v) is 6.79. The summed E-state index contributed by atoms with van der Waals surface area (Å²) in [6.07, 6.45) is 5.77. The van der Waals surface area contributed by atoms with Gasteiger partial charge in [-0.15, -0.1) is 0 Å². The third-order valence-electron chi connectivity index (χ3n) is 3.58. The molecule has 1 aromatic heterocycles. The van der Waals surface area contributed by atoms with Gasteiger partial charge in [-0.3, -0.25) is 4.79 Å². The number of nitrogens with one attached hydrogen (secondary N) is 1. The second-order valence-corrected chi connectivity index (χ2v) is 5.30. The molecule has 3 rings (SSSR count). The quantitative estimate of drug-likeness (QED) is 0.874. The molecule has 1 fully saturated rings. The molecule has 1 unspecified atom stereocenters. The lowest BCUT2D eigenvalue weighted by molar-refractivity contribution is -0.119. The van der Waals surface area contributed by atoms with Crippen molar-refractivity contribution in [3.05, 3.63) is 48.0 Å². The van der Waals surface area contributed by atoms with E-state index in [2.05, 4.69) is 14.9 Å². The van der Waals surface area contributed by atoms with Crippen molar-refractivity contribution in [2.75, 3.05) is 5.32 Å². The van der Waals surface area contributed by atoms with E-state index in [1.165, 1.54) is 5.56 Å². The van der Waals surface area contributed by atoms with Crippen molar-refractivity contribution in [1.82, 2.24) is 9.55 Å². The predicted octanol–water partition coefficient (Wildman–Crippen LogP) is 2.16. The summed E-state index contributed by atoms with van der Waals surface area (Å²) in [6, 6.07) is 7.80. The second-order valence-electron chi connectivity index (χ2n) is 5.30. The van der Waals surface area contributed by atoms with Crippen molar-refractivity contribution >= 4 is 11.6 Å². The van der Waals surface area contributed by atoms with Gasteiger partial charge in [0.1, 0.15) is 6.04 Å². The topological polar surface area (TPSA) is 72.9 Å². The number of hydrogen-bond donors (Lipinski definition) is 2. The number of aryl methyl sites for hydroxylation is 1. The van der Waals surface area contributed by atoms with E-state index in [4.69, 9.17) is 5.73 Å². The summed E-state index contributed by atoms with van der Waals surface area (Å²) in [5.41, 5.74) is 8.44. The third-order valence-corrected chi connectivity index (χ3v) is 3.58. The highest BCUT2D eigenvalue weighted by Crippen LogP contribution is 2.37. The highest BCUT2D eigenvalue weighted by Gasteiger charge is 2.30. The number of imidazole rings is 1. The summed E-state index contributed by atoms with van der Waals surface area (Å²) in [5, 5.41) is 3.20. The Morgan fingerprint density at radius 1 is 1.40 bits per heavy atom. The molecular formula is C15H18N4O. The van der Waals surface area contributed by atoms with Crippen molar-refractivity contribution in [2.45, 2.75) is 31.8 Å². The van der Waals surface area contributed by atoms with Crippen molar-refractivity contribution < 1.29 is 4.79 Å². The summed E-state index contributed by atoms with van der Waals surface area (Å²) >= 11 is 0. The van der Waals surface area contributed by atoms with Crippen LogP contribution >= 0.6 is 0 Å². The molecule has 2 aromatic rings. The molecule has 0 bridgehead atoms. The van der Waals surface area contributed by atoms with Crippen LogP contribution in [0.1, 0.15) is 36.2 Å². The van der Waals surface area contributed by atoms with Crippen molar-refractivity contribution in [3.63, 3.8) is 0 Å². The highest BCUT2D eigenvalue weighted by molar-refractivity contribution is 5.84. The number of hydrogen-bond acceptors (Lipinski definition) is 3. The monoisotopic (exact) mass is 270 g/mol. The van der Waals surface area contributed by atoms with Crippen LogP contribution in [0.15, 0.2) is 36.8 Å². The molecule has 104 valence electrons. The first kappa shape index (κ1) is 12.7. The van der Waals surface area contributed by atoms with Crippen LogP contribution in [0.25, 0.3) is 0 Å². The number of anilines is 1. The van der Waals surface area contributed by atoms with Gasteiger partial charge in [-0.25, -0.2) is 4.98 Å². The molecule has 0 spiro atoms. The zero-order valence-corrected chi connectivity index (χ0v) is 11.4. The van der Waals surface area contributed by atoms with Gasteiger partial charge < -0.3 is 15.6 Å². The number of carbonyl (C=O) groups is 1. The Morgan fingerprint density at radius 2 is 2.10 bits per heavy atom. The van der Waals surface area contributed by atoms with Gasteiger partial charge in [0, 0.05) is 11.7 Å². The van der Waals surface area contributed by atoms with Gasteiger partial charge in [-0.2, -0.15) is 0 Å². The summed E-state index contributed by atoms with van der Waals surface area (Å²) in [5.74, 6) is -0.395. The van der Waals surface area contributed by atoms with E-state index in [9.17, 15) is 4.79 Å². The largest absolute Gasteiger partial charge is 0.369 e. The maximum Gasteiger partial charge on any atom is 0.246 e. The van der Waals surface area contributed by atoms with Crippen molar-refractivity contribution in [2.24, 2.45) is 5.73 Å². The van der Waals surface area contributed by atoms with Crippen molar-refractivity contribution in [1.29, 1.82) is 0 Å². The third kappa shape index (κ3) is 2.52. The summed E-state index contributed by atoms with van der Waals surface area (Å²) in [4.78, 5) is 15.9. The van der Waals surface area contributed by atoms with Crippen LogP contribution in [-0.2, 0) is 4.79 Å². The number of aromatic nitrogens is 2. The van der Waals surface area contributed by atoms with Gasteiger partial charge in [0.05, 0.1) is 18.2 Å². The Bertz CT molecular complexity index is 613. The fraction of sp³-hybridized carbons (Fsp3) is 0.333. The minimum atomic E-state index is -0.555. The number of rotatable bonds is 5. The van der Waals surface area contributed by atoms with Gasteiger partial charge in [0.15, 0.2) is 0 Å². The van der Waals surface area contributed by atoms with Gasteiger partial charge in [0.25, 0.3) is 0 Å². The first-order valence-electron chi connectivity index (χ1n) is 6.79. The van der Waals surface area contributed by atoms with Gasteiger partial charge in [0.2, 0.25) is 5.91 Å². The number of nitrogens with zero attached hydrogens (tertiary/aromatic N) is 2. The summed E-state index contributed by atoms with van der Waals surface area (Å²) in [7, 11) is 0. The molecule has 0 radical (unpaired) electrons. The Labute approximate surface area is 117 Å². The van der Waals surface area contributed by atoms with Crippen LogP contribution in [0.4, 0.5) is 5.69 Å². The Kier molecular flexibility index (Phi) is 3.18. The summed E-state index contributed by atoms with van der Waals surface area (Å²) in [6.45, 7) is 2.03. The minimum absolute atomic E-state index is 0.395. The number of benzene rings is 1. The lowest BCUT2D eigenvalue weighted by Gasteiger charge is -2.18. The van der Waals surface area contributed by atoms with E-state index >= 15 is 0 Å². The first-order chi connectivity index (χ1) is 9.65. The molecule has 5 nitrogen and oxygen atoms in total. The van der Waals surface area contributed by atoms with Crippen LogP contribution in [0.2, 0.25) is 0 Å². The zero-order valence-electron chi connectivity index (χ0n) is 11.4. The molecule has 20 heavy (non-hydrogen) atoms. The normalized spacial score (nSPS) is 15.8. The van der Waals surface area contributed by atoms with E-state index in [-0.39, 0.29) is 0 Å². The predicted molar refractivity (Wildman–Crippen MR) is 77.2 cm³/mol. The Hall–Kier alpha value is -2.30. The Morgan fingerprint density at radius 3 is 2.70 bits per heavy atom. The number of nitrogens with two attached hydrogens (primary N) is 1. The van der Waals surface area contributed by atoms with Gasteiger partial charge >= 0.3 is 0 Å². The average Bonchev–Trinajstić information content (AvgIpc) is 3.16. The Balaban J connectivity index is 1.87. The molecule has 5 heteroatoms. The average molecular weight is 270 g/mol. The molecule has 3 N–H and O–H groups in total. The number of amides is 1. The van der Waals surface area contributed by atoms with Crippen LogP contribution in [0.5, 0.6) is 0 Å². The molecule has 1 atom stereocenters. The molecule has 1 aliphatic rings. The molecule has 0 aliphatic heterocycles. The molecule has 1 aromatic carbocycles. The fourth-order valence-corrected chi connectivity index (χ4v) is 2.30. The van der Waals surface area contributed by atoms with E-state index in [0.29, 0.717) is 6.04 Å². The maximum atomic E-state index is 11.8. The van der Waals surface area contributed by atoms with Crippen LogP contribution in [0.3, 0.4) is 0 Å². The molecule has 1 heterocycles. The van der Waals surface area contributed by atoms with Crippen LogP contribution in [-0.4, -0.2) is 15.5 Å². The SMILES string of the molecule is Cc1ccc(NC(C(N)=O)c2cncn2C2CC2)cc1. The van der Waals surface area contributed by atoms with E-state index in [0.717, 1.165) is 24.2 Å². The number of carbonyl (C=O) groups excluding carboxylic acids is 1. The highest BCUT2D eigenvalue weighted by atomic mass is 16.1. The number of primary amides is 1. The molecule has 1 aliphatic carbocycles. The second kappa shape index (κ2) is 5.00.